The molecule has 1 heterocycles. The minimum atomic E-state index is 0.00404. The summed E-state index contributed by atoms with van der Waals surface area (Å²) in [7, 11) is 0. The first-order chi connectivity index (χ1) is 10.5. The van der Waals surface area contributed by atoms with Gasteiger partial charge < -0.3 is 15.5 Å². The third kappa shape index (κ3) is 5.10. The number of hydrogen-bond acceptors (Lipinski definition) is 2. The van der Waals surface area contributed by atoms with Crippen LogP contribution in [0, 0.1) is 0 Å². The van der Waals surface area contributed by atoms with Crippen LogP contribution < -0.4 is 15.5 Å². The van der Waals surface area contributed by atoms with E-state index in [-0.39, 0.29) is 5.54 Å². The van der Waals surface area contributed by atoms with Crippen molar-refractivity contribution in [1.82, 2.24) is 10.6 Å². The highest BCUT2D eigenvalue weighted by atomic mass is 15.2. The normalized spacial score (nSPS) is 15.3. The van der Waals surface area contributed by atoms with E-state index in [0.29, 0.717) is 6.54 Å². The number of guanidine groups is 1. The van der Waals surface area contributed by atoms with E-state index in [1.807, 2.05) is 0 Å². The van der Waals surface area contributed by atoms with Crippen LogP contribution in [0.1, 0.15) is 33.3 Å². The van der Waals surface area contributed by atoms with Crippen LogP contribution in [0.15, 0.2) is 41.4 Å². The maximum absolute atomic E-state index is 4.70. The van der Waals surface area contributed by atoms with Crippen molar-refractivity contribution in [3.63, 3.8) is 0 Å². The first-order valence-electron chi connectivity index (χ1n) is 8.03. The van der Waals surface area contributed by atoms with Gasteiger partial charge >= 0.3 is 0 Å². The Balaban J connectivity index is 2.04. The van der Waals surface area contributed by atoms with Crippen molar-refractivity contribution >= 4 is 11.6 Å². The average molecular weight is 300 g/mol. The van der Waals surface area contributed by atoms with Gasteiger partial charge in [-0.05, 0) is 45.4 Å². The molecule has 1 aliphatic heterocycles. The zero-order valence-corrected chi connectivity index (χ0v) is 14.2. The second kappa shape index (κ2) is 7.34. The van der Waals surface area contributed by atoms with Gasteiger partial charge in [0.15, 0.2) is 5.96 Å². The third-order valence-electron chi connectivity index (χ3n) is 3.35. The molecule has 0 spiro atoms. The summed E-state index contributed by atoms with van der Waals surface area (Å²) in [5.74, 6) is 0.864. The second-order valence-electron chi connectivity index (χ2n) is 6.62. The smallest absolute Gasteiger partial charge is 0.191 e. The standard InChI is InChI=1S/C18H28N4/c1-5-19-17(21-18(2,3)4)20-14-15-9-8-10-16(13-15)22-11-6-7-12-22/h6-10,13H,5,11-12,14H2,1-4H3,(H2,19,20,21). The van der Waals surface area contributed by atoms with Crippen molar-refractivity contribution in [2.24, 2.45) is 4.99 Å². The lowest BCUT2D eigenvalue weighted by Gasteiger charge is -2.23. The van der Waals surface area contributed by atoms with E-state index in [1.165, 1.54) is 11.3 Å². The highest BCUT2D eigenvalue weighted by molar-refractivity contribution is 5.80. The van der Waals surface area contributed by atoms with Gasteiger partial charge in [-0.15, -0.1) is 0 Å². The first-order valence-corrected chi connectivity index (χ1v) is 8.03. The van der Waals surface area contributed by atoms with Crippen LogP contribution in [0.5, 0.6) is 0 Å². The van der Waals surface area contributed by atoms with Crippen molar-refractivity contribution in [3.05, 3.63) is 42.0 Å². The van der Waals surface area contributed by atoms with Crippen molar-refractivity contribution in [2.45, 2.75) is 39.8 Å². The Morgan fingerprint density at radius 2 is 1.95 bits per heavy atom. The predicted molar refractivity (Wildman–Crippen MR) is 95.5 cm³/mol. The molecule has 1 aromatic carbocycles. The van der Waals surface area contributed by atoms with Gasteiger partial charge in [-0.3, -0.25) is 0 Å². The van der Waals surface area contributed by atoms with Crippen molar-refractivity contribution in [1.29, 1.82) is 0 Å². The summed E-state index contributed by atoms with van der Waals surface area (Å²) in [5, 5.41) is 6.71. The van der Waals surface area contributed by atoms with Crippen molar-refractivity contribution in [2.75, 3.05) is 24.5 Å². The molecule has 4 heteroatoms. The van der Waals surface area contributed by atoms with Crippen LogP contribution in [0.25, 0.3) is 0 Å². The van der Waals surface area contributed by atoms with Gasteiger partial charge in [0.05, 0.1) is 6.54 Å². The molecule has 0 aliphatic carbocycles. The Hall–Kier alpha value is -1.97. The average Bonchev–Trinajstić information content (AvgIpc) is 2.98. The van der Waals surface area contributed by atoms with Crippen LogP contribution in [0.3, 0.4) is 0 Å². The lowest BCUT2D eigenvalue weighted by molar-refractivity contribution is 0.501. The van der Waals surface area contributed by atoms with Crippen LogP contribution in [0.2, 0.25) is 0 Å². The number of nitrogens with zero attached hydrogens (tertiary/aromatic N) is 2. The fraction of sp³-hybridized carbons (Fsp3) is 0.500. The lowest BCUT2D eigenvalue weighted by atomic mass is 10.1. The molecule has 0 amide bonds. The highest BCUT2D eigenvalue weighted by Gasteiger charge is 2.12. The third-order valence-corrected chi connectivity index (χ3v) is 3.35. The van der Waals surface area contributed by atoms with Gasteiger partial charge in [0.25, 0.3) is 0 Å². The Bertz CT molecular complexity index is 532. The molecule has 2 N–H and O–H groups in total. The molecule has 2 rings (SSSR count). The predicted octanol–water partition coefficient (Wildman–Crippen LogP) is 2.92. The van der Waals surface area contributed by atoms with Crippen LogP contribution in [0.4, 0.5) is 5.69 Å². The maximum Gasteiger partial charge on any atom is 0.191 e. The van der Waals surface area contributed by atoms with Crippen molar-refractivity contribution < 1.29 is 0 Å². The topological polar surface area (TPSA) is 39.7 Å². The van der Waals surface area contributed by atoms with E-state index < -0.39 is 0 Å². The molecule has 4 nitrogen and oxygen atoms in total. The zero-order valence-electron chi connectivity index (χ0n) is 14.2. The molecule has 0 saturated heterocycles. The SMILES string of the molecule is CCNC(=NCc1cccc(N2CC=CC2)c1)NC(C)(C)C. The number of rotatable bonds is 4. The minimum Gasteiger partial charge on any atom is -0.364 e. The first kappa shape index (κ1) is 16.4. The summed E-state index contributed by atoms with van der Waals surface area (Å²) in [5.41, 5.74) is 2.51. The number of hydrogen-bond donors (Lipinski definition) is 2. The Morgan fingerprint density at radius 1 is 1.23 bits per heavy atom. The second-order valence-corrected chi connectivity index (χ2v) is 6.62. The quantitative estimate of drug-likeness (QED) is 0.510. The Morgan fingerprint density at radius 3 is 2.59 bits per heavy atom. The van der Waals surface area contributed by atoms with E-state index in [0.717, 1.165) is 25.6 Å². The Kier molecular flexibility index (Phi) is 5.47. The summed E-state index contributed by atoms with van der Waals surface area (Å²) in [6.45, 7) is 12.0. The number of aliphatic imine (C=N–C) groups is 1. The molecule has 0 fully saturated rings. The molecule has 120 valence electrons. The van der Waals surface area contributed by atoms with Gasteiger partial charge in [-0.25, -0.2) is 4.99 Å². The van der Waals surface area contributed by atoms with Crippen LogP contribution >= 0.6 is 0 Å². The molecule has 1 aliphatic rings. The van der Waals surface area contributed by atoms with Gasteiger partial charge in [0, 0.05) is 30.9 Å². The highest BCUT2D eigenvalue weighted by Crippen LogP contribution is 2.18. The number of benzene rings is 1. The molecule has 0 saturated carbocycles. The maximum atomic E-state index is 4.70. The van der Waals surface area contributed by atoms with E-state index >= 15 is 0 Å². The Labute approximate surface area is 134 Å². The molecule has 22 heavy (non-hydrogen) atoms. The van der Waals surface area contributed by atoms with Crippen molar-refractivity contribution in [3.8, 4) is 0 Å². The summed E-state index contributed by atoms with van der Waals surface area (Å²) in [6.07, 6.45) is 4.42. The summed E-state index contributed by atoms with van der Waals surface area (Å²) >= 11 is 0. The molecule has 0 bridgehead atoms. The molecule has 0 aromatic heterocycles. The van der Waals surface area contributed by atoms with E-state index in [4.69, 9.17) is 4.99 Å². The summed E-state index contributed by atoms with van der Waals surface area (Å²) < 4.78 is 0. The molecule has 0 radical (unpaired) electrons. The molecular weight excluding hydrogens is 272 g/mol. The van der Waals surface area contributed by atoms with Gasteiger partial charge in [0.2, 0.25) is 0 Å². The summed E-state index contributed by atoms with van der Waals surface area (Å²) in [6, 6.07) is 8.65. The van der Waals surface area contributed by atoms with Gasteiger partial charge in [-0.2, -0.15) is 0 Å². The van der Waals surface area contributed by atoms with Crippen LogP contribution in [-0.4, -0.2) is 31.1 Å². The lowest BCUT2D eigenvalue weighted by Crippen LogP contribution is -2.47. The molecule has 0 atom stereocenters. The van der Waals surface area contributed by atoms with Crippen LogP contribution in [-0.2, 0) is 6.54 Å². The zero-order chi connectivity index (χ0) is 16.0. The van der Waals surface area contributed by atoms with Gasteiger partial charge in [0.1, 0.15) is 0 Å². The monoisotopic (exact) mass is 300 g/mol. The van der Waals surface area contributed by atoms with E-state index in [9.17, 15) is 0 Å². The molecular formula is C18H28N4. The number of nitrogens with one attached hydrogen (secondary N) is 2. The molecule has 0 unspecified atom stereocenters. The largest absolute Gasteiger partial charge is 0.364 e. The fourth-order valence-corrected chi connectivity index (χ4v) is 2.37. The summed E-state index contributed by atoms with van der Waals surface area (Å²) in [4.78, 5) is 7.05. The minimum absolute atomic E-state index is 0.00404. The van der Waals surface area contributed by atoms with E-state index in [1.54, 1.807) is 0 Å². The van der Waals surface area contributed by atoms with E-state index in [2.05, 4.69) is 79.6 Å². The fourth-order valence-electron chi connectivity index (χ4n) is 2.37. The molecule has 1 aromatic rings. The number of anilines is 1. The van der Waals surface area contributed by atoms with Gasteiger partial charge in [-0.1, -0.05) is 24.3 Å².